The van der Waals surface area contributed by atoms with Crippen molar-refractivity contribution in [2.45, 2.75) is 26.7 Å². The Morgan fingerprint density at radius 1 is 1.47 bits per heavy atom. The molecule has 3 heteroatoms. The van der Waals surface area contributed by atoms with Gasteiger partial charge in [0.15, 0.2) is 5.78 Å². The first-order valence-corrected chi connectivity index (χ1v) is 6.16. The molecule has 0 N–H and O–H groups in total. The Hall–Kier alpha value is -0.340. The molecule has 0 saturated carbocycles. The Balaban J connectivity index is 2.70. The lowest BCUT2D eigenvalue weighted by atomic mass is 10.0. The predicted octanol–water partition coefficient (Wildman–Crippen LogP) is 4.72. The molecule has 0 amide bonds. The summed E-state index contributed by atoms with van der Waals surface area (Å²) in [6.07, 6.45) is 1.53. The maximum atomic E-state index is 11.7. The highest BCUT2D eigenvalue weighted by molar-refractivity contribution is 9.10. The van der Waals surface area contributed by atoms with Crippen LogP contribution in [0.1, 0.15) is 37.0 Å². The number of rotatable bonds is 4. The largest absolute Gasteiger partial charge is 0.294 e. The van der Waals surface area contributed by atoms with Crippen LogP contribution in [0.4, 0.5) is 0 Å². The van der Waals surface area contributed by atoms with Gasteiger partial charge < -0.3 is 0 Å². The molecule has 0 aromatic heterocycles. The fraction of sp³-hybridized carbons (Fsp3) is 0.417. The molecule has 0 aliphatic carbocycles. The second kappa shape index (κ2) is 5.66. The molecular formula is C12H14BrClO. The Morgan fingerprint density at radius 3 is 2.67 bits per heavy atom. The van der Waals surface area contributed by atoms with Gasteiger partial charge in [0.05, 0.1) is 5.02 Å². The molecule has 0 radical (unpaired) electrons. The van der Waals surface area contributed by atoms with Crippen LogP contribution >= 0.6 is 27.5 Å². The molecule has 1 rings (SSSR count). The fourth-order valence-corrected chi connectivity index (χ4v) is 1.73. The molecule has 0 fully saturated rings. The van der Waals surface area contributed by atoms with Crippen LogP contribution in [0.3, 0.4) is 0 Å². The van der Waals surface area contributed by atoms with E-state index in [1.54, 1.807) is 18.2 Å². The van der Waals surface area contributed by atoms with Crippen LogP contribution in [0.2, 0.25) is 5.02 Å². The van der Waals surface area contributed by atoms with Gasteiger partial charge in [-0.25, -0.2) is 0 Å². The van der Waals surface area contributed by atoms with Gasteiger partial charge in [-0.1, -0.05) is 25.4 Å². The highest BCUT2D eigenvalue weighted by Crippen LogP contribution is 2.24. The number of ketones is 1. The van der Waals surface area contributed by atoms with Crippen LogP contribution in [0, 0.1) is 5.92 Å². The van der Waals surface area contributed by atoms with Crippen LogP contribution in [0.5, 0.6) is 0 Å². The molecule has 0 spiro atoms. The molecule has 0 bridgehead atoms. The number of benzene rings is 1. The summed E-state index contributed by atoms with van der Waals surface area (Å²) in [4.78, 5) is 11.7. The average Bonchev–Trinajstić information content (AvgIpc) is 2.18. The molecule has 0 atom stereocenters. The first-order chi connectivity index (χ1) is 7.00. The zero-order valence-corrected chi connectivity index (χ0v) is 11.2. The van der Waals surface area contributed by atoms with E-state index in [2.05, 4.69) is 29.8 Å². The van der Waals surface area contributed by atoms with Crippen LogP contribution in [0.25, 0.3) is 0 Å². The van der Waals surface area contributed by atoms with Crippen LogP contribution in [-0.2, 0) is 0 Å². The lowest BCUT2D eigenvalue weighted by molar-refractivity contribution is 0.0975. The third kappa shape index (κ3) is 3.96. The summed E-state index contributed by atoms with van der Waals surface area (Å²) in [7, 11) is 0. The van der Waals surface area contributed by atoms with Gasteiger partial charge in [-0.3, -0.25) is 4.79 Å². The quantitative estimate of drug-likeness (QED) is 0.733. The standard InChI is InChI=1S/C12H14BrClO/c1-8(2)3-6-12(15)9-4-5-11(14)10(13)7-9/h4-5,7-8H,3,6H2,1-2H3. The minimum atomic E-state index is 0.182. The van der Waals surface area contributed by atoms with Crippen molar-refractivity contribution in [1.29, 1.82) is 0 Å². The summed E-state index contributed by atoms with van der Waals surface area (Å²) < 4.78 is 0.777. The van der Waals surface area contributed by atoms with Crippen molar-refractivity contribution in [3.05, 3.63) is 33.3 Å². The smallest absolute Gasteiger partial charge is 0.162 e. The number of hydrogen-bond donors (Lipinski definition) is 0. The maximum absolute atomic E-state index is 11.7. The van der Waals surface area contributed by atoms with Gasteiger partial charge in [-0.05, 0) is 46.5 Å². The highest BCUT2D eigenvalue weighted by Gasteiger charge is 2.08. The van der Waals surface area contributed by atoms with E-state index in [0.29, 0.717) is 17.4 Å². The first-order valence-electron chi connectivity index (χ1n) is 4.99. The van der Waals surface area contributed by atoms with Gasteiger partial charge in [0.2, 0.25) is 0 Å². The van der Waals surface area contributed by atoms with E-state index in [9.17, 15) is 4.79 Å². The van der Waals surface area contributed by atoms with Crippen LogP contribution in [-0.4, -0.2) is 5.78 Å². The topological polar surface area (TPSA) is 17.1 Å². The SMILES string of the molecule is CC(C)CCC(=O)c1ccc(Cl)c(Br)c1. The second-order valence-electron chi connectivity index (χ2n) is 3.98. The molecule has 0 aliphatic rings. The van der Waals surface area contributed by atoms with E-state index >= 15 is 0 Å². The number of carbonyl (C=O) groups is 1. The highest BCUT2D eigenvalue weighted by atomic mass is 79.9. The van der Waals surface area contributed by atoms with E-state index in [-0.39, 0.29) is 5.78 Å². The normalized spacial score (nSPS) is 10.7. The van der Waals surface area contributed by atoms with E-state index in [4.69, 9.17) is 11.6 Å². The van der Waals surface area contributed by atoms with Crippen molar-refractivity contribution in [2.75, 3.05) is 0 Å². The summed E-state index contributed by atoms with van der Waals surface area (Å²) in [6, 6.07) is 5.30. The first kappa shape index (κ1) is 12.7. The molecule has 15 heavy (non-hydrogen) atoms. The number of hydrogen-bond acceptors (Lipinski definition) is 1. The second-order valence-corrected chi connectivity index (χ2v) is 5.25. The van der Waals surface area contributed by atoms with E-state index < -0.39 is 0 Å². The predicted molar refractivity (Wildman–Crippen MR) is 67.6 cm³/mol. The van der Waals surface area contributed by atoms with Crippen molar-refractivity contribution in [2.24, 2.45) is 5.92 Å². The number of Topliss-reactive ketones (excluding diaryl/α,β-unsaturated/α-hetero) is 1. The Kier molecular flexibility index (Phi) is 4.81. The van der Waals surface area contributed by atoms with Crippen LogP contribution in [0.15, 0.2) is 22.7 Å². The summed E-state index contributed by atoms with van der Waals surface area (Å²) >= 11 is 9.16. The van der Waals surface area contributed by atoms with Crippen molar-refractivity contribution < 1.29 is 4.79 Å². The zero-order chi connectivity index (χ0) is 11.4. The van der Waals surface area contributed by atoms with Crippen molar-refractivity contribution in [3.63, 3.8) is 0 Å². The van der Waals surface area contributed by atoms with Gasteiger partial charge >= 0.3 is 0 Å². The van der Waals surface area contributed by atoms with Crippen molar-refractivity contribution in [1.82, 2.24) is 0 Å². The van der Waals surface area contributed by atoms with Crippen LogP contribution < -0.4 is 0 Å². The Labute approximate surface area is 104 Å². The lowest BCUT2D eigenvalue weighted by Gasteiger charge is -2.05. The molecular weight excluding hydrogens is 275 g/mol. The van der Waals surface area contributed by atoms with E-state index in [0.717, 1.165) is 16.5 Å². The van der Waals surface area contributed by atoms with E-state index in [1.807, 2.05) is 0 Å². The minimum Gasteiger partial charge on any atom is -0.294 e. The Morgan fingerprint density at radius 2 is 2.13 bits per heavy atom. The molecule has 0 unspecified atom stereocenters. The molecule has 0 aliphatic heterocycles. The summed E-state index contributed by atoms with van der Waals surface area (Å²) in [5.41, 5.74) is 0.729. The maximum Gasteiger partial charge on any atom is 0.162 e. The van der Waals surface area contributed by atoms with Crippen molar-refractivity contribution in [3.8, 4) is 0 Å². The molecule has 1 aromatic carbocycles. The lowest BCUT2D eigenvalue weighted by Crippen LogP contribution is -2.01. The molecule has 1 aromatic rings. The third-order valence-electron chi connectivity index (χ3n) is 2.19. The van der Waals surface area contributed by atoms with Gasteiger partial charge in [0.25, 0.3) is 0 Å². The van der Waals surface area contributed by atoms with Gasteiger partial charge in [-0.15, -0.1) is 0 Å². The molecule has 0 heterocycles. The van der Waals surface area contributed by atoms with Crippen molar-refractivity contribution >= 4 is 33.3 Å². The Bertz CT molecular complexity index is 361. The fourth-order valence-electron chi connectivity index (χ4n) is 1.23. The summed E-state index contributed by atoms with van der Waals surface area (Å²) in [5.74, 6) is 0.741. The molecule has 0 saturated heterocycles. The van der Waals surface area contributed by atoms with Gasteiger partial charge in [0, 0.05) is 16.5 Å². The van der Waals surface area contributed by atoms with Gasteiger partial charge in [-0.2, -0.15) is 0 Å². The summed E-state index contributed by atoms with van der Waals surface area (Å²) in [5, 5.41) is 0.635. The third-order valence-corrected chi connectivity index (χ3v) is 3.40. The van der Waals surface area contributed by atoms with Gasteiger partial charge in [0.1, 0.15) is 0 Å². The minimum absolute atomic E-state index is 0.182. The zero-order valence-electron chi connectivity index (χ0n) is 8.89. The monoisotopic (exact) mass is 288 g/mol. The van der Waals surface area contributed by atoms with E-state index in [1.165, 1.54) is 0 Å². The molecule has 1 nitrogen and oxygen atoms in total. The average molecular weight is 290 g/mol. The number of halogens is 2. The number of carbonyl (C=O) groups excluding carboxylic acids is 1. The molecule has 82 valence electrons. The summed E-state index contributed by atoms with van der Waals surface area (Å²) in [6.45, 7) is 4.23.